The Labute approximate surface area is 219 Å². The highest BCUT2D eigenvalue weighted by atomic mass is 32.2. The quantitative estimate of drug-likeness (QED) is 0.496. The largest absolute Gasteiger partial charge is 0.444 e. The zero-order valence-electron chi connectivity index (χ0n) is 21.5. The molecule has 1 aliphatic heterocycles. The number of amides is 1. The van der Waals surface area contributed by atoms with Gasteiger partial charge < -0.3 is 19.9 Å². The van der Waals surface area contributed by atoms with Gasteiger partial charge in [0.2, 0.25) is 0 Å². The molecule has 1 aromatic carbocycles. The molecule has 2 N–H and O–H groups in total. The fraction of sp³-hybridized carbons (Fsp3) is 0.440. The molecule has 0 aliphatic carbocycles. The van der Waals surface area contributed by atoms with Gasteiger partial charge in [-0.15, -0.1) is 0 Å². The highest BCUT2D eigenvalue weighted by molar-refractivity contribution is 7.90. The van der Waals surface area contributed by atoms with Crippen LogP contribution < -0.4 is 10.9 Å². The lowest BCUT2D eigenvalue weighted by molar-refractivity contribution is -0.0166. The number of hydrogen-bond donors (Lipinski definition) is 2. The zero-order chi connectivity index (χ0) is 27.9. The Morgan fingerprint density at radius 3 is 2.58 bits per heavy atom. The minimum Gasteiger partial charge on any atom is -0.444 e. The van der Waals surface area contributed by atoms with Gasteiger partial charge in [0.15, 0.2) is 15.7 Å². The summed E-state index contributed by atoms with van der Waals surface area (Å²) in [7, 11) is -3.40. The summed E-state index contributed by atoms with van der Waals surface area (Å²) in [5.41, 5.74) is -1.90. The van der Waals surface area contributed by atoms with Gasteiger partial charge in [-0.3, -0.25) is 9.48 Å². The molecule has 1 aliphatic rings. The van der Waals surface area contributed by atoms with Crippen LogP contribution in [-0.4, -0.2) is 65.3 Å². The number of hydrogen-bond acceptors (Lipinski definition) is 8. The van der Waals surface area contributed by atoms with E-state index >= 15 is 4.39 Å². The minimum atomic E-state index is -3.40. The van der Waals surface area contributed by atoms with E-state index in [1.54, 1.807) is 26.8 Å². The number of benzene rings is 1. The minimum absolute atomic E-state index is 0.0625. The number of likely N-dealkylation sites (tertiary alicyclic amines) is 1. The standard InChI is InChI=1S/C25H29FN6O5S/c1-24(2,3)37-23(34)31-14-11-25(10-12-27,19(26)15-31)32-18-9-13-28-22(33)20(18)21(30-32)29-16-5-7-17(8-6-16)38(4,35)36/h5-9,13,19H,10-11,14-15H2,1-4H3,(H,28,33)(H,29,30). The van der Waals surface area contributed by atoms with Crippen LogP contribution in [0.15, 0.2) is 46.2 Å². The molecule has 202 valence electrons. The predicted octanol–water partition coefficient (Wildman–Crippen LogP) is 3.46. The molecule has 0 bridgehead atoms. The Balaban J connectivity index is 1.74. The summed E-state index contributed by atoms with van der Waals surface area (Å²) in [6.45, 7) is 4.98. The fourth-order valence-electron chi connectivity index (χ4n) is 4.51. The Kier molecular flexibility index (Phi) is 6.96. The van der Waals surface area contributed by atoms with E-state index in [0.717, 1.165) is 6.26 Å². The Morgan fingerprint density at radius 1 is 1.32 bits per heavy atom. The van der Waals surface area contributed by atoms with Crippen molar-refractivity contribution in [1.29, 1.82) is 5.26 Å². The maximum Gasteiger partial charge on any atom is 0.410 e. The summed E-state index contributed by atoms with van der Waals surface area (Å²) in [4.78, 5) is 29.4. The number of fused-ring (bicyclic) bond motifs is 1. The van der Waals surface area contributed by atoms with Gasteiger partial charge in [-0.2, -0.15) is 10.4 Å². The first-order valence-corrected chi connectivity index (χ1v) is 13.8. The lowest BCUT2D eigenvalue weighted by Gasteiger charge is -2.43. The summed E-state index contributed by atoms with van der Waals surface area (Å²) in [5.74, 6) is 0.119. The van der Waals surface area contributed by atoms with Crippen LogP contribution in [0.4, 0.5) is 20.7 Å². The molecule has 1 fully saturated rings. The van der Waals surface area contributed by atoms with Crippen molar-refractivity contribution >= 4 is 38.3 Å². The van der Waals surface area contributed by atoms with Crippen molar-refractivity contribution in [3.8, 4) is 6.07 Å². The van der Waals surface area contributed by atoms with Crippen LogP contribution in [0.1, 0.15) is 33.6 Å². The first-order chi connectivity index (χ1) is 17.7. The van der Waals surface area contributed by atoms with Crippen LogP contribution >= 0.6 is 0 Å². The highest BCUT2D eigenvalue weighted by Crippen LogP contribution is 2.39. The Morgan fingerprint density at radius 2 is 2.00 bits per heavy atom. The van der Waals surface area contributed by atoms with Gasteiger partial charge in [-0.05, 0) is 57.5 Å². The third-order valence-electron chi connectivity index (χ3n) is 6.39. The van der Waals surface area contributed by atoms with Gasteiger partial charge in [-0.1, -0.05) is 0 Å². The maximum atomic E-state index is 16.0. The number of H-pyrrole nitrogens is 1. The number of alkyl halides is 1. The molecular formula is C25H29FN6O5S. The number of nitrogens with zero attached hydrogens (tertiary/aromatic N) is 4. The van der Waals surface area contributed by atoms with Crippen molar-refractivity contribution in [1.82, 2.24) is 19.7 Å². The van der Waals surface area contributed by atoms with Gasteiger partial charge in [0.05, 0.1) is 29.4 Å². The van der Waals surface area contributed by atoms with E-state index in [-0.39, 0.29) is 42.0 Å². The van der Waals surface area contributed by atoms with E-state index in [0.29, 0.717) is 11.2 Å². The second-order valence-electron chi connectivity index (χ2n) is 10.3. The molecule has 13 heteroatoms. The van der Waals surface area contributed by atoms with Crippen LogP contribution in [-0.2, 0) is 20.1 Å². The lowest BCUT2D eigenvalue weighted by atomic mass is 9.83. The number of ether oxygens (including phenoxy) is 1. The van der Waals surface area contributed by atoms with Crippen LogP contribution in [0.5, 0.6) is 0 Å². The molecule has 3 aromatic rings. The van der Waals surface area contributed by atoms with E-state index in [9.17, 15) is 23.3 Å². The summed E-state index contributed by atoms with van der Waals surface area (Å²) in [5, 5.41) is 17.4. The van der Waals surface area contributed by atoms with Crippen molar-refractivity contribution in [3.05, 3.63) is 46.9 Å². The number of nitrogens with one attached hydrogen (secondary N) is 2. The number of rotatable bonds is 5. The molecular weight excluding hydrogens is 515 g/mol. The third-order valence-corrected chi connectivity index (χ3v) is 7.51. The van der Waals surface area contributed by atoms with E-state index in [1.165, 1.54) is 40.0 Å². The molecule has 11 nitrogen and oxygen atoms in total. The van der Waals surface area contributed by atoms with Crippen molar-refractivity contribution in [3.63, 3.8) is 0 Å². The number of anilines is 2. The lowest BCUT2D eigenvalue weighted by Crippen LogP contribution is -2.56. The normalized spacial score (nSPS) is 20.2. The number of aromatic nitrogens is 3. The number of carbonyl (C=O) groups excluding carboxylic acids is 1. The first kappa shape index (κ1) is 27.1. The highest BCUT2D eigenvalue weighted by Gasteiger charge is 2.48. The monoisotopic (exact) mass is 544 g/mol. The third kappa shape index (κ3) is 5.22. The molecule has 0 saturated carbocycles. The van der Waals surface area contributed by atoms with E-state index in [4.69, 9.17) is 4.74 Å². The van der Waals surface area contributed by atoms with E-state index in [2.05, 4.69) is 15.4 Å². The summed E-state index contributed by atoms with van der Waals surface area (Å²) in [6.07, 6.45) is -0.00747. The van der Waals surface area contributed by atoms with Crippen molar-refractivity contribution in [2.24, 2.45) is 0 Å². The number of pyridine rings is 1. The van der Waals surface area contributed by atoms with E-state index < -0.39 is 38.8 Å². The molecule has 4 rings (SSSR count). The number of piperidine rings is 1. The number of carbonyl (C=O) groups is 1. The second-order valence-corrected chi connectivity index (χ2v) is 12.3. The number of nitriles is 1. The zero-order valence-corrected chi connectivity index (χ0v) is 22.3. The number of sulfone groups is 1. The van der Waals surface area contributed by atoms with Gasteiger partial charge in [-0.25, -0.2) is 17.6 Å². The molecule has 0 spiro atoms. The SMILES string of the molecule is CC(C)(C)OC(=O)N1CCC(CC#N)(n2nc(Nc3ccc(S(C)(=O)=O)cc3)c3c(=O)[nH]ccc32)C(F)C1. The van der Waals surface area contributed by atoms with Gasteiger partial charge in [0.25, 0.3) is 5.56 Å². The smallest absolute Gasteiger partial charge is 0.410 e. The number of aromatic amines is 1. The summed E-state index contributed by atoms with van der Waals surface area (Å²) >= 11 is 0. The Hall–Kier alpha value is -3.92. The molecule has 3 heterocycles. The fourth-order valence-corrected chi connectivity index (χ4v) is 5.14. The average Bonchev–Trinajstić information content (AvgIpc) is 3.19. The van der Waals surface area contributed by atoms with Crippen LogP contribution in [0, 0.1) is 11.3 Å². The molecule has 2 unspecified atom stereocenters. The molecule has 1 amide bonds. The van der Waals surface area contributed by atoms with Crippen LogP contribution in [0.25, 0.3) is 10.9 Å². The van der Waals surface area contributed by atoms with Crippen molar-refractivity contribution < 1.29 is 22.3 Å². The molecule has 0 radical (unpaired) electrons. The van der Waals surface area contributed by atoms with Crippen molar-refractivity contribution in [2.45, 2.75) is 55.8 Å². The van der Waals surface area contributed by atoms with Gasteiger partial charge in [0.1, 0.15) is 22.7 Å². The van der Waals surface area contributed by atoms with Crippen LogP contribution in [0.3, 0.4) is 0 Å². The Bertz CT molecular complexity index is 1570. The molecule has 38 heavy (non-hydrogen) atoms. The van der Waals surface area contributed by atoms with E-state index in [1.807, 2.05) is 6.07 Å². The topological polar surface area (TPSA) is 150 Å². The molecule has 2 atom stereocenters. The van der Waals surface area contributed by atoms with Gasteiger partial charge >= 0.3 is 6.09 Å². The predicted molar refractivity (Wildman–Crippen MR) is 139 cm³/mol. The molecule has 2 aromatic heterocycles. The van der Waals surface area contributed by atoms with Crippen molar-refractivity contribution in [2.75, 3.05) is 24.7 Å². The van der Waals surface area contributed by atoms with Crippen LogP contribution in [0.2, 0.25) is 0 Å². The summed E-state index contributed by atoms with van der Waals surface area (Å²) in [6, 6.07) is 9.52. The number of halogens is 1. The second kappa shape index (κ2) is 9.75. The average molecular weight is 545 g/mol. The maximum absolute atomic E-state index is 16.0. The summed E-state index contributed by atoms with van der Waals surface area (Å²) < 4.78 is 46.3. The van der Waals surface area contributed by atoms with Gasteiger partial charge in [0, 0.05) is 24.7 Å². The molecule has 1 saturated heterocycles. The first-order valence-electron chi connectivity index (χ1n) is 11.9.